The van der Waals surface area contributed by atoms with Crippen LogP contribution in [0.5, 0.6) is 0 Å². The molecule has 1 aliphatic carbocycles. The highest BCUT2D eigenvalue weighted by molar-refractivity contribution is 7.91. The lowest BCUT2D eigenvalue weighted by atomic mass is 9.89. The number of primary sulfonamides is 1. The maximum Gasteiger partial charge on any atom is 0.339 e. The molecule has 1 aliphatic rings. The zero-order chi connectivity index (χ0) is 14.9. The number of hydrogen-bond acceptors (Lipinski definition) is 5. The minimum absolute atomic E-state index is 0.0291. The first-order chi connectivity index (χ1) is 9.29. The summed E-state index contributed by atoms with van der Waals surface area (Å²) in [7, 11) is -3.78. The molecule has 1 aromatic rings. The third kappa shape index (κ3) is 3.39. The number of carbonyl (C=O) groups excluding carboxylic acids is 1. The van der Waals surface area contributed by atoms with E-state index in [0.717, 1.165) is 30.6 Å². The molecule has 1 saturated carbocycles. The van der Waals surface area contributed by atoms with Crippen molar-refractivity contribution in [1.82, 2.24) is 0 Å². The molecule has 7 heteroatoms. The number of thiophene rings is 1. The first-order valence-corrected chi connectivity index (χ1v) is 9.03. The summed E-state index contributed by atoms with van der Waals surface area (Å²) in [6.45, 7) is 3.73. The van der Waals surface area contributed by atoms with Gasteiger partial charge in [-0.25, -0.2) is 18.4 Å². The summed E-state index contributed by atoms with van der Waals surface area (Å²) >= 11 is 0.960. The molecule has 2 unspecified atom stereocenters. The molecule has 1 aromatic heterocycles. The van der Waals surface area contributed by atoms with Crippen LogP contribution >= 0.6 is 11.3 Å². The Bertz CT molecular complexity index is 606. The van der Waals surface area contributed by atoms with Crippen molar-refractivity contribution in [2.75, 3.05) is 0 Å². The van der Waals surface area contributed by atoms with Crippen molar-refractivity contribution in [3.05, 3.63) is 16.5 Å². The predicted molar refractivity (Wildman–Crippen MR) is 77.3 cm³/mol. The Labute approximate surface area is 123 Å². The van der Waals surface area contributed by atoms with Gasteiger partial charge in [0.15, 0.2) is 0 Å². The Balaban J connectivity index is 2.12. The van der Waals surface area contributed by atoms with Crippen LogP contribution in [0.3, 0.4) is 0 Å². The summed E-state index contributed by atoms with van der Waals surface area (Å²) in [5.41, 5.74) is 0.684. The van der Waals surface area contributed by atoms with Gasteiger partial charge in [-0.15, -0.1) is 11.3 Å². The van der Waals surface area contributed by atoms with E-state index in [0.29, 0.717) is 17.0 Å². The van der Waals surface area contributed by atoms with E-state index in [9.17, 15) is 13.2 Å². The van der Waals surface area contributed by atoms with Crippen LogP contribution in [0.4, 0.5) is 0 Å². The average molecular weight is 317 g/mol. The highest BCUT2D eigenvalue weighted by atomic mass is 32.2. The van der Waals surface area contributed by atoms with Gasteiger partial charge in [0.1, 0.15) is 10.3 Å². The highest BCUT2D eigenvalue weighted by Gasteiger charge is 2.26. The monoisotopic (exact) mass is 317 g/mol. The molecule has 0 radical (unpaired) electrons. The van der Waals surface area contributed by atoms with Crippen LogP contribution in [0, 0.1) is 12.8 Å². The lowest BCUT2D eigenvalue weighted by Gasteiger charge is -2.26. The van der Waals surface area contributed by atoms with Crippen LogP contribution in [0.25, 0.3) is 0 Å². The summed E-state index contributed by atoms with van der Waals surface area (Å²) in [4.78, 5) is 12.1. The lowest BCUT2D eigenvalue weighted by molar-refractivity contribution is 0.0155. The van der Waals surface area contributed by atoms with Crippen molar-refractivity contribution in [2.24, 2.45) is 11.1 Å². The number of carbonyl (C=O) groups is 1. The number of esters is 1. The van der Waals surface area contributed by atoms with Gasteiger partial charge in [-0.1, -0.05) is 13.3 Å². The van der Waals surface area contributed by atoms with Gasteiger partial charge < -0.3 is 4.74 Å². The largest absolute Gasteiger partial charge is 0.459 e. The third-order valence-electron chi connectivity index (χ3n) is 3.63. The van der Waals surface area contributed by atoms with Gasteiger partial charge in [0.05, 0.1) is 5.56 Å². The summed E-state index contributed by atoms with van der Waals surface area (Å²) in [5, 5.41) is 6.61. The molecular weight excluding hydrogens is 298 g/mol. The van der Waals surface area contributed by atoms with E-state index in [1.165, 1.54) is 11.8 Å². The van der Waals surface area contributed by atoms with Crippen molar-refractivity contribution in [3.63, 3.8) is 0 Å². The molecule has 20 heavy (non-hydrogen) atoms. The second kappa shape index (κ2) is 5.83. The fraction of sp³-hybridized carbons (Fsp3) is 0.615. The molecule has 0 spiro atoms. The van der Waals surface area contributed by atoms with Crippen LogP contribution in [0.15, 0.2) is 9.59 Å². The second-order valence-corrected chi connectivity index (χ2v) is 8.04. The zero-order valence-electron chi connectivity index (χ0n) is 11.6. The second-order valence-electron chi connectivity index (χ2n) is 5.41. The van der Waals surface area contributed by atoms with Gasteiger partial charge in [0.2, 0.25) is 10.0 Å². The summed E-state index contributed by atoms with van der Waals surface area (Å²) in [6, 6.07) is 0. The van der Waals surface area contributed by atoms with Gasteiger partial charge in [0.25, 0.3) is 0 Å². The average Bonchev–Trinajstić information content (AvgIpc) is 2.70. The van der Waals surface area contributed by atoms with Gasteiger partial charge >= 0.3 is 5.97 Å². The van der Waals surface area contributed by atoms with E-state index in [1.807, 2.05) is 0 Å². The molecule has 1 heterocycles. The fourth-order valence-electron chi connectivity index (χ4n) is 2.58. The fourth-order valence-corrected chi connectivity index (χ4v) is 4.58. The Morgan fingerprint density at radius 3 is 2.70 bits per heavy atom. The van der Waals surface area contributed by atoms with E-state index in [4.69, 9.17) is 9.88 Å². The van der Waals surface area contributed by atoms with Crippen LogP contribution in [-0.2, 0) is 14.8 Å². The zero-order valence-corrected chi connectivity index (χ0v) is 13.2. The Kier molecular flexibility index (Phi) is 4.51. The summed E-state index contributed by atoms with van der Waals surface area (Å²) < 4.78 is 28.2. The third-order valence-corrected chi connectivity index (χ3v) is 6.32. The van der Waals surface area contributed by atoms with E-state index in [-0.39, 0.29) is 10.3 Å². The molecular formula is C13H19NO4S2. The van der Waals surface area contributed by atoms with Crippen LogP contribution < -0.4 is 5.14 Å². The van der Waals surface area contributed by atoms with Crippen LogP contribution in [0.1, 0.15) is 48.5 Å². The maximum absolute atomic E-state index is 12.1. The molecule has 1 fully saturated rings. The molecule has 2 rings (SSSR count). The smallest absolute Gasteiger partial charge is 0.339 e. The van der Waals surface area contributed by atoms with Crippen molar-refractivity contribution >= 4 is 27.3 Å². The first-order valence-electron chi connectivity index (χ1n) is 6.61. The minimum atomic E-state index is -3.78. The number of sulfonamides is 1. The SMILES string of the molecule is Cc1c(C(=O)OC2CCCC(C)C2)csc1S(N)(=O)=O. The molecule has 112 valence electrons. The van der Waals surface area contributed by atoms with Gasteiger partial charge in [-0.05, 0) is 37.7 Å². The highest BCUT2D eigenvalue weighted by Crippen LogP contribution is 2.29. The topological polar surface area (TPSA) is 86.5 Å². The first kappa shape index (κ1) is 15.5. The quantitative estimate of drug-likeness (QED) is 0.867. The van der Waals surface area contributed by atoms with Crippen LogP contribution in [-0.4, -0.2) is 20.5 Å². The number of hydrogen-bond donors (Lipinski definition) is 1. The molecule has 0 aromatic carbocycles. The Hall–Kier alpha value is -0.920. The normalized spacial score (nSPS) is 23.6. The minimum Gasteiger partial charge on any atom is -0.459 e. The Morgan fingerprint density at radius 1 is 1.45 bits per heavy atom. The predicted octanol–water partition coefficient (Wildman–Crippen LogP) is 2.44. The van der Waals surface area contributed by atoms with E-state index < -0.39 is 16.0 Å². The molecule has 0 saturated heterocycles. The van der Waals surface area contributed by atoms with Gasteiger partial charge in [-0.2, -0.15) is 0 Å². The van der Waals surface area contributed by atoms with Crippen molar-refractivity contribution in [2.45, 2.75) is 49.8 Å². The molecule has 2 N–H and O–H groups in total. The van der Waals surface area contributed by atoms with Crippen molar-refractivity contribution in [3.8, 4) is 0 Å². The standard InChI is InChI=1S/C13H19NO4S2/c1-8-4-3-5-10(6-8)18-12(15)11-7-19-13(9(11)2)20(14,16)17/h7-8,10H,3-6H2,1-2H3,(H2,14,16,17). The maximum atomic E-state index is 12.1. The summed E-state index contributed by atoms with van der Waals surface area (Å²) in [5.74, 6) is 0.109. The lowest BCUT2D eigenvalue weighted by Crippen LogP contribution is -2.24. The Morgan fingerprint density at radius 2 is 2.15 bits per heavy atom. The molecule has 0 bridgehead atoms. The number of rotatable bonds is 3. The van der Waals surface area contributed by atoms with E-state index in [2.05, 4.69) is 6.92 Å². The van der Waals surface area contributed by atoms with E-state index in [1.54, 1.807) is 6.92 Å². The van der Waals surface area contributed by atoms with Gasteiger partial charge in [0, 0.05) is 5.38 Å². The van der Waals surface area contributed by atoms with Crippen molar-refractivity contribution in [1.29, 1.82) is 0 Å². The summed E-state index contributed by atoms with van der Waals surface area (Å²) in [6.07, 6.45) is 3.91. The van der Waals surface area contributed by atoms with Gasteiger partial charge in [-0.3, -0.25) is 0 Å². The molecule has 0 amide bonds. The molecule has 2 atom stereocenters. The molecule has 0 aliphatic heterocycles. The van der Waals surface area contributed by atoms with Crippen molar-refractivity contribution < 1.29 is 17.9 Å². The van der Waals surface area contributed by atoms with Crippen LogP contribution in [0.2, 0.25) is 0 Å². The molecule has 5 nitrogen and oxygen atoms in total. The number of ether oxygens (including phenoxy) is 1. The number of nitrogens with two attached hydrogens (primary N) is 1. The van der Waals surface area contributed by atoms with E-state index >= 15 is 0 Å².